The van der Waals surface area contributed by atoms with E-state index in [4.69, 9.17) is 0 Å². The summed E-state index contributed by atoms with van der Waals surface area (Å²) in [5.74, 6) is -0.550. The molecule has 0 bridgehead atoms. The molecule has 0 aliphatic heterocycles. The van der Waals surface area contributed by atoms with Gasteiger partial charge in [0.25, 0.3) is 5.56 Å². The average molecular weight is 421 g/mol. The molecule has 2 aromatic carbocycles. The van der Waals surface area contributed by atoms with Crippen molar-refractivity contribution >= 4 is 29.3 Å². The van der Waals surface area contributed by atoms with Gasteiger partial charge < -0.3 is 0 Å². The Labute approximate surface area is 177 Å². The number of thiazole rings is 1. The van der Waals surface area contributed by atoms with E-state index in [2.05, 4.69) is 6.07 Å². The lowest BCUT2D eigenvalue weighted by molar-refractivity contribution is -0.120. The Hall–Kier alpha value is -3.30. The topological polar surface area (TPSA) is 62.9 Å². The summed E-state index contributed by atoms with van der Waals surface area (Å²) in [5.41, 5.74) is 0.502. The maximum Gasteiger partial charge on any atom is 0.269 e. The van der Waals surface area contributed by atoms with Crippen LogP contribution in [0.5, 0.6) is 0 Å². The zero-order chi connectivity index (χ0) is 21.9. The Morgan fingerprint density at radius 2 is 1.83 bits per heavy atom. The molecule has 0 saturated heterocycles. The maximum absolute atomic E-state index is 14.1. The van der Waals surface area contributed by atoms with Crippen LogP contribution in [-0.2, 0) is 11.3 Å². The third-order valence-electron chi connectivity index (χ3n) is 4.59. The van der Waals surface area contributed by atoms with Crippen LogP contribution in [0.3, 0.4) is 0 Å². The van der Waals surface area contributed by atoms with Gasteiger partial charge in [0.05, 0.1) is 22.7 Å². The first-order valence-electron chi connectivity index (χ1n) is 9.41. The van der Waals surface area contributed by atoms with Gasteiger partial charge in [-0.1, -0.05) is 57.2 Å². The van der Waals surface area contributed by atoms with Gasteiger partial charge in [-0.05, 0) is 23.8 Å². The van der Waals surface area contributed by atoms with Gasteiger partial charge in [0.2, 0.25) is 0 Å². The monoisotopic (exact) mass is 420 g/mol. The fourth-order valence-electron chi connectivity index (χ4n) is 2.79. The predicted octanol–water partition coefficient (Wildman–Crippen LogP) is 3.19. The first kappa shape index (κ1) is 21.4. The van der Waals surface area contributed by atoms with Crippen LogP contribution in [0.25, 0.3) is 12.2 Å². The molecule has 0 N–H and O–H groups in total. The normalized spacial score (nSPS) is 12.8. The molecular formula is C24H21FN2O2S. The molecule has 3 aromatic rings. The van der Waals surface area contributed by atoms with Gasteiger partial charge in [-0.2, -0.15) is 5.26 Å². The van der Waals surface area contributed by atoms with Crippen molar-refractivity contribution in [3.05, 3.63) is 90.6 Å². The summed E-state index contributed by atoms with van der Waals surface area (Å²) in [4.78, 5) is 25.8. The van der Waals surface area contributed by atoms with E-state index in [0.717, 1.165) is 11.3 Å². The second-order valence-electron chi connectivity index (χ2n) is 7.89. The fourth-order valence-corrected chi connectivity index (χ4v) is 3.82. The number of aromatic nitrogens is 1. The third kappa shape index (κ3) is 4.64. The van der Waals surface area contributed by atoms with E-state index >= 15 is 0 Å². The van der Waals surface area contributed by atoms with Gasteiger partial charge in [-0.15, -0.1) is 11.3 Å². The minimum absolute atomic E-state index is 0.122. The Kier molecular flexibility index (Phi) is 6.14. The maximum atomic E-state index is 14.1. The number of hydrogen-bond donors (Lipinski definition) is 0. The van der Waals surface area contributed by atoms with E-state index in [0.29, 0.717) is 25.9 Å². The van der Waals surface area contributed by atoms with E-state index in [1.807, 2.05) is 0 Å². The predicted molar refractivity (Wildman–Crippen MR) is 117 cm³/mol. The molecule has 0 aliphatic rings. The summed E-state index contributed by atoms with van der Waals surface area (Å²) >= 11 is 1.14. The fraction of sp³-hybridized carbons (Fsp3) is 0.208. The van der Waals surface area contributed by atoms with Gasteiger partial charge in [-0.25, -0.2) is 4.39 Å². The molecular weight excluding hydrogens is 399 g/mol. The smallest absolute Gasteiger partial charge is 0.269 e. The van der Waals surface area contributed by atoms with Crippen molar-refractivity contribution in [2.24, 2.45) is 5.41 Å². The number of hydrogen-bond acceptors (Lipinski definition) is 4. The Balaban J connectivity index is 2.24. The minimum Gasteiger partial charge on any atom is -0.294 e. The van der Waals surface area contributed by atoms with E-state index in [1.165, 1.54) is 22.8 Å². The molecule has 0 amide bonds. The van der Waals surface area contributed by atoms with Crippen LogP contribution in [0.1, 0.15) is 37.5 Å². The quantitative estimate of drug-likeness (QED) is 0.651. The number of rotatable bonds is 4. The van der Waals surface area contributed by atoms with Crippen LogP contribution in [0.2, 0.25) is 0 Å². The number of benzene rings is 2. The van der Waals surface area contributed by atoms with E-state index in [-0.39, 0.29) is 17.9 Å². The molecule has 30 heavy (non-hydrogen) atoms. The van der Waals surface area contributed by atoms with Crippen molar-refractivity contribution in [2.75, 3.05) is 0 Å². The molecule has 0 unspecified atom stereocenters. The molecule has 3 rings (SSSR count). The summed E-state index contributed by atoms with van der Waals surface area (Å²) in [7, 11) is 0. The Morgan fingerprint density at radius 3 is 2.50 bits per heavy atom. The van der Waals surface area contributed by atoms with Crippen molar-refractivity contribution in [3.63, 3.8) is 0 Å². The highest BCUT2D eigenvalue weighted by Crippen LogP contribution is 2.15. The molecule has 0 radical (unpaired) electrons. The highest BCUT2D eigenvalue weighted by Gasteiger charge is 2.20. The first-order valence-corrected chi connectivity index (χ1v) is 10.2. The van der Waals surface area contributed by atoms with Crippen LogP contribution in [0.15, 0.2) is 53.3 Å². The minimum atomic E-state index is -0.606. The zero-order valence-corrected chi connectivity index (χ0v) is 17.8. The van der Waals surface area contributed by atoms with E-state index in [9.17, 15) is 19.2 Å². The standard InChI is InChI=1S/C24H21FN2O2S/c1-24(2,3)21(28)13-22-27(15-18-10-5-4-9-17(18)14-26)23(29)20(30-22)12-16-8-6-7-11-19(16)25/h4-13H,15H2,1-3H3/b20-12+,22-13-. The number of halogens is 1. The number of nitrogens with zero attached hydrogens (tertiary/aromatic N) is 2. The summed E-state index contributed by atoms with van der Waals surface area (Å²) in [6.45, 7) is 5.56. The lowest BCUT2D eigenvalue weighted by Gasteiger charge is -2.13. The number of nitriles is 1. The summed E-state index contributed by atoms with van der Waals surface area (Å²) < 4.78 is 16.4. The molecule has 4 nitrogen and oxygen atoms in total. The number of carbonyl (C=O) groups excluding carboxylic acids is 1. The largest absolute Gasteiger partial charge is 0.294 e. The molecule has 0 aliphatic carbocycles. The molecule has 1 aromatic heterocycles. The van der Waals surface area contributed by atoms with Gasteiger partial charge in [0, 0.05) is 17.1 Å². The van der Waals surface area contributed by atoms with Crippen molar-refractivity contribution in [3.8, 4) is 6.07 Å². The van der Waals surface area contributed by atoms with Gasteiger partial charge in [0.15, 0.2) is 5.78 Å². The highest BCUT2D eigenvalue weighted by atomic mass is 32.1. The number of Topliss-reactive ketones (excluding diaryl/α,β-unsaturated/α-hetero) is 1. The zero-order valence-electron chi connectivity index (χ0n) is 17.0. The lowest BCUT2D eigenvalue weighted by atomic mass is 9.91. The molecule has 1 heterocycles. The Morgan fingerprint density at radius 1 is 1.17 bits per heavy atom. The van der Waals surface area contributed by atoms with Crippen LogP contribution in [0, 0.1) is 22.6 Å². The summed E-state index contributed by atoms with van der Waals surface area (Å²) in [6, 6.07) is 15.3. The molecule has 0 saturated carbocycles. The van der Waals surface area contributed by atoms with Gasteiger partial charge >= 0.3 is 0 Å². The van der Waals surface area contributed by atoms with Crippen LogP contribution in [0.4, 0.5) is 4.39 Å². The lowest BCUT2D eigenvalue weighted by Crippen LogP contribution is -2.33. The highest BCUT2D eigenvalue weighted by molar-refractivity contribution is 7.07. The molecule has 0 spiro atoms. The molecule has 6 heteroatoms. The first-order chi connectivity index (χ1) is 14.2. The van der Waals surface area contributed by atoms with Crippen LogP contribution >= 0.6 is 11.3 Å². The third-order valence-corrected chi connectivity index (χ3v) is 5.65. The van der Waals surface area contributed by atoms with Crippen LogP contribution < -0.4 is 14.8 Å². The molecule has 0 atom stereocenters. The van der Waals surface area contributed by atoms with E-state index in [1.54, 1.807) is 63.2 Å². The second kappa shape index (κ2) is 8.60. The van der Waals surface area contributed by atoms with Crippen LogP contribution in [-0.4, -0.2) is 10.4 Å². The van der Waals surface area contributed by atoms with Crippen molar-refractivity contribution < 1.29 is 9.18 Å². The molecule has 152 valence electrons. The second-order valence-corrected chi connectivity index (χ2v) is 8.95. The van der Waals surface area contributed by atoms with Crippen molar-refractivity contribution in [1.82, 2.24) is 4.57 Å². The molecule has 0 fully saturated rings. The Bertz CT molecular complexity index is 1320. The summed E-state index contributed by atoms with van der Waals surface area (Å²) in [6.07, 6.45) is 2.95. The number of carbonyl (C=O) groups is 1. The number of ketones is 1. The van der Waals surface area contributed by atoms with E-state index < -0.39 is 11.2 Å². The van der Waals surface area contributed by atoms with Crippen molar-refractivity contribution in [1.29, 1.82) is 5.26 Å². The SMILES string of the molecule is CC(C)(C)C(=O)/C=c1\s/c(=C/c2ccccc2F)c(=O)n1Cc1ccccc1C#N. The van der Waals surface area contributed by atoms with Gasteiger partial charge in [-0.3, -0.25) is 14.2 Å². The van der Waals surface area contributed by atoms with Gasteiger partial charge in [0.1, 0.15) is 10.5 Å². The van der Waals surface area contributed by atoms with Crippen molar-refractivity contribution in [2.45, 2.75) is 27.3 Å². The average Bonchev–Trinajstić information content (AvgIpc) is 2.98. The summed E-state index contributed by atoms with van der Waals surface area (Å²) in [5, 5.41) is 9.37.